The number of carbonyl (C=O) groups excluding carboxylic acids is 1. The van der Waals surface area contributed by atoms with Crippen LogP contribution in [0.4, 0.5) is 0 Å². The Morgan fingerprint density at radius 2 is 1.58 bits per heavy atom. The molecule has 24 heavy (non-hydrogen) atoms. The van der Waals surface area contributed by atoms with Gasteiger partial charge in [-0.15, -0.1) is 0 Å². The van der Waals surface area contributed by atoms with Gasteiger partial charge in [0.2, 0.25) is 0 Å². The average molecular weight is 324 g/mol. The Balaban J connectivity index is 1.99. The molecule has 4 nitrogen and oxygen atoms in total. The third-order valence-electron chi connectivity index (χ3n) is 4.28. The summed E-state index contributed by atoms with van der Waals surface area (Å²) in [6, 6.07) is 11.2. The van der Waals surface area contributed by atoms with Gasteiger partial charge in [0.1, 0.15) is 17.2 Å². The summed E-state index contributed by atoms with van der Waals surface area (Å²) < 4.78 is 15.9. The molecule has 0 heterocycles. The van der Waals surface area contributed by atoms with Crippen LogP contribution >= 0.6 is 0 Å². The lowest BCUT2D eigenvalue weighted by Gasteiger charge is -2.18. The van der Waals surface area contributed by atoms with Gasteiger partial charge in [-0.1, -0.05) is 0 Å². The summed E-state index contributed by atoms with van der Waals surface area (Å²) in [6.45, 7) is 0. The number of carbonyl (C=O) groups is 1. The van der Waals surface area contributed by atoms with E-state index in [0.29, 0.717) is 6.42 Å². The summed E-state index contributed by atoms with van der Waals surface area (Å²) in [5.41, 5.74) is 3.40. The summed E-state index contributed by atoms with van der Waals surface area (Å²) in [7, 11) is 4.87. The predicted octanol–water partition coefficient (Wildman–Crippen LogP) is 3.92. The van der Waals surface area contributed by atoms with Crippen molar-refractivity contribution >= 4 is 11.9 Å². The van der Waals surface area contributed by atoms with Crippen molar-refractivity contribution in [1.82, 2.24) is 0 Å². The number of allylic oxidation sites excluding steroid dienone is 1. The number of benzene rings is 2. The highest BCUT2D eigenvalue weighted by Gasteiger charge is 2.22. The van der Waals surface area contributed by atoms with Crippen LogP contribution in [0.3, 0.4) is 0 Å². The summed E-state index contributed by atoms with van der Waals surface area (Å²) >= 11 is 0. The molecule has 0 N–H and O–H groups in total. The van der Waals surface area contributed by atoms with Crippen molar-refractivity contribution in [2.45, 2.75) is 12.8 Å². The van der Waals surface area contributed by atoms with Crippen molar-refractivity contribution in [1.29, 1.82) is 0 Å². The van der Waals surface area contributed by atoms with Gasteiger partial charge in [-0.05, 0) is 60.9 Å². The summed E-state index contributed by atoms with van der Waals surface area (Å²) in [5, 5.41) is 0. The first kappa shape index (κ1) is 16.1. The van der Waals surface area contributed by atoms with Crippen LogP contribution < -0.4 is 14.2 Å². The van der Waals surface area contributed by atoms with Gasteiger partial charge in [0.05, 0.1) is 21.3 Å². The zero-order chi connectivity index (χ0) is 17.1. The number of ketones is 1. The number of aryl methyl sites for hydroxylation is 1. The average Bonchev–Trinajstić information content (AvgIpc) is 2.63. The van der Waals surface area contributed by atoms with E-state index in [1.165, 1.54) is 0 Å². The van der Waals surface area contributed by atoms with Crippen LogP contribution in [0.15, 0.2) is 42.0 Å². The SMILES string of the molecule is COc1ccc(OC)c(C=C2CCc3cc(OC)ccc3C2=O)c1. The van der Waals surface area contributed by atoms with Crippen LogP contribution in [0.5, 0.6) is 17.2 Å². The molecule has 124 valence electrons. The second-order valence-electron chi connectivity index (χ2n) is 5.63. The minimum atomic E-state index is 0.0591. The van der Waals surface area contributed by atoms with Crippen molar-refractivity contribution in [2.75, 3.05) is 21.3 Å². The maximum atomic E-state index is 12.8. The molecule has 3 rings (SSSR count). The van der Waals surface area contributed by atoms with E-state index in [-0.39, 0.29) is 5.78 Å². The van der Waals surface area contributed by atoms with Crippen molar-refractivity contribution < 1.29 is 19.0 Å². The lowest BCUT2D eigenvalue weighted by atomic mass is 9.86. The number of fused-ring (bicyclic) bond motifs is 1. The molecule has 0 aromatic heterocycles. The number of Topliss-reactive ketones (excluding diaryl/α,β-unsaturated/α-hetero) is 1. The molecule has 1 aliphatic rings. The van der Waals surface area contributed by atoms with E-state index in [2.05, 4.69) is 0 Å². The molecular weight excluding hydrogens is 304 g/mol. The molecule has 2 aromatic rings. The number of methoxy groups -OCH3 is 3. The zero-order valence-electron chi connectivity index (χ0n) is 14.1. The molecule has 0 saturated heterocycles. The van der Waals surface area contributed by atoms with Crippen LogP contribution in [-0.2, 0) is 6.42 Å². The van der Waals surface area contributed by atoms with E-state index in [9.17, 15) is 4.79 Å². The van der Waals surface area contributed by atoms with E-state index in [4.69, 9.17) is 14.2 Å². The minimum Gasteiger partial charge on any atom is -0.497 e. The van der Waals surface area contributed by atoms with Gasteiger partial charge in [-0.3, -0.25) is 4.79 Å². The molecule has 0 spiro atoms. The number of hydrogen-bond donors (Lipinski definition) is 0. The second kappa shape index (κ2) is 6.79. The Morgan fingerprint density at radius 1 is 0.875 bits per heavy atom. The maximum Gasteiger partial charge on any atom is 0.189 e. The van der Waals surface area contributed by atoms with Gasteiger partial charge >= 0.3 is 0 Å². The molecule has 0 radical (unpaired) electrons. The first-order valence-electron chi connectivity index (χ1n) is 7.80. The fourth-order valence-electron chi connectivity index (χ4n) is 2.96. The van der Waals surface area contributed by atoms with E-state index >= 15 is 0 Å². The molecule has 0 atom stereocenters. The van der Waals surface area contributed by atoms with E-state index in [0.717, 1.165) is 45.9 Å². The Bertz CT molecular complexity index is 805. The lowest BCUT2D eigenvalue weighted by molar-refractivity contribution is 0.102. The van der Waals surface area contributed by atoms with Crippen LogP contribution in [0.1, 0.15) is 27.9 Å². The van der Waals surface area contributed by atoms with Crippen molar-refractivity contribution in [2.24, 2.45) is 0 Å². The van der Waals surface area contributed by atoms with E-state index in [1.54, 1.807) is 21.3 Å². The van der Waals surface area contributed by atoms with E-state index < -0.39 is 0 Å². The minimum absolute atomic E-state index is 0.0591. The fraction of sp³-hybridized carbons (Fsp3) is 0.250. The van der Waals surface area contributed by atoms with Gasteiger partial charge in [0.25, 0.3) is 0 Å². The second-order valence-corrected chi connectivity index (χ2v) is 5.63. The van der Waals surface area contributed by atoms with Gasteiger partial charge in [-0.25, -0.2) is 0 Å². The van der Waals surface area contributed by atoms with Crippen molar-refractivity contribution in [3.8, 4) is 17.2 Å². The monoisotopic (exact) mass is 324 g/mol. The van der Waals surface area contributed by atoms with Gasteiger partial charge in [-0.2, -0.15) is 0 Å². The summed E-state index contributed by atoms with van der Waals surface area (Å²) in [6.07, 6.45) is 3.41. The van der Waals surface area contributed by atoms with Crippen LogP contribution in [0.25, 0.3) is 6.08 Å². The smallest absolute Gasteiger partial charge is 0.189 e. The Labute approximate surface area is 141 Å². The first-order valence-corrected chi connectivity index (χ1v) is 7.80. The standard InChI is InChI=1S/C20H20O4/c1-22-16-6-8-18-13(11-16)4-5-14(20(18)21)10-15-12-17(23-2)7-9-19(15)24-3/h6-12H,4-5H2,1-3H3. The Hall–Kier alpha value is -2.75. The Morgan fingerprint density at radius 3 is 2.29 bits per heavy atom. The van der Waals surface area contributed by atoms with Crippen molar-refractivity contribution in [3.05, 3.63) is 58.7 Å². The lowest BCUT2D eigenvalue weighted by Crippen LogP contribution is -2.14. The van der Waals surface area contributed by atoms with Gasteiger partial charge in [0.15, 0.2) is 5.78 Å². The summed E-state index contributed by atoms with van der Waals surface area (Å²) in [5.74, 6) is 2.29. The number of rotatable bonds is 4. The molecule has 0 bridgehead atoms. The topological polar surface area (TPSA) is 44.8 Å². The summed E-state index contributed by atoms with van der Waals surface area (Å²) in [4.78, 5) is 12.8. The van der Waals surface area contributed by atoms with Gasteiger partial charge in [0, 0.05) is 16.7 Å². The largest absolute Gasteiger partial charge is 0.497 e. The maximum absolute atomic E-state index is 12.8. The molecule has 0 saturated carbocycles. The van der Waals surface area contributed by atoms with E-state index in [1.807, 2.05) is 42.5 Å². The van der Waals surface area contributed by atoms with Crippen molar-refractivity contribution in [3.63, 3.8) is 0 Å². The van der Waals surface area contributed by atoms with Crippen LogP contribution in [0.2, 0.25) is 0 Å². The third-order valence-corrected chi connectivity index (χ3v) is 4.28. The molecule has 2 aromatic carbocycles. The number of ether oxygens (including phenoxy) is 3. The molecule has 0 unspecified atom stereocenters. The molecule has 4 heteroatoms. The van der Waals surface area contributed by atoms with Gasteiger partial charge < -0.3 is 14.2 Å². The van der Waals surface area contributed by atoms with Crippen LogP contribution in [-0.4, -0.2) is 27.1 Å². The molecule has 0 amide bonds. The normalized spacial score (nSPS) is 15.1. The molecular formula is C20H20O4. The molecule has 0 fully saturated rings. The first-order chi connectivity index (χ1) is 11.7. The Kier molecular flexibility index (Phi) is 4.56. The fourth-order valence-corrected chi connectivity index (χ4v) is 2.96. The zero-order valence-corrected chi connectivity index (χ0v) is 14.1. The molecule has 0 aliphatic heterocycles. The number of hydrogen-bond acceptors (Lipinski definition) is 4. The highest BCUT2D eigenvalue weighted by atomic mass is 16.5. The highest BCUT2D eigenvalue weighted by Crippen LogP contribution is 2.32. The predicted molar refractivity (Wildman–Crippen MR) is 93.2 cm³/mol. The molecule has 1 aliphatic carbocycles. The quantitative estimate of drug-likeness (QED) is 0.800. The third kappa shape index (κ3) is 3.00. The van der Waals surface area contributed by atoms with Crippen LogP contribution in [0, 0.1) is 0 Å². The highest BCUT2D eigenvalue weighted by molar-refractivity contribution is 6.13.